The maximum absolute atomic E-state index is 4.63. The van der Waals surface area contributed by atoms with E-state index in [1.165, 1.54) is 44.3 Å². The summed E-state index contributed by atoms with van der Waals surface area (Å²) in [6.45, 7) is 6.63. The standard InChI is InChI=1S/C15H27N3/c1-3-10-18-11-9-17-15(18)13-7-5-6-8-14(12-13)16-4-2/h9,11,13-14,16H,3-8,10,12H2,1-2H3. The molecule has 102 valence electrons. The summed E-state index contributed by atoms with van der Waals surface area (Å²) in [6.07, 6.45) is 11.9. The second-order valence-electron chi connectivity index (χ2n) is 5.45. The van der Waals surface area contributed by atoms with Crippen molar-refractivity contribution in [1.29, 1.82) is 0 Å². The molecule has 3 nitrogen and oxygen atoms in total. The van der Waals surface area contributed by atoms with Gasteiger partial charge in [-0.05, 0) is 32.2 Å². The zero-order valence-electron chi connectivity index (χ0n) is 11.9. The molecule has 1 aromatic rings. The first kappa shape index (κ1) is 13.6. The quantitative estimate of drug-likeness (QED) is 0.811. The maximum atomic E-state index is 4.63. The molecular formula is C15H27N3. The molecule has 1 aliphatic carbocycles. The minimum absolute atomic E-state index is 0.651. The van der Waals surface area contributed by atoms with Crippen molar-refractivity contribution in [2.75, 3.05) is 6.54 Å². The summed E-state index contributed by atoms with van der Waals surface area (Å²) in [5.41, 5.74) is 0. The first-order chi connectivity index (χ1) is 8.85. The van der Waals surface area contributed by atoms with Crippen LogP contribution < -0.4 is 5.32 Å². The van der Waals surface area contributed by atoms with Crippen molar-refractivity contribution in [3.8, 4) is 0 Å². The Bertz CT molecular complexity index is 345. The van der Waals surface area contributed by atoms with Gasteiger partial charge < -0.3 is 9.88 Å². The van der Waals surface area contributed by atoms with Gasteiger partial charge in [-0.25, -0.2) is 4.98 Å². The van der Waals surface area contributed by atoms with Gasteiger partial charge in [0.15, 0.2) is 0 Å². The Morgan fingerprint density at radius 1 is 1.33 bits per heavy atom. The molecule has 0 aliphatic heterocycles. The van der Waals surface area contributed by atoms with Gasteiger partial charge in [0, 0.05) is 30.9 Å². The lowest BCUT2D eigenvalue weighted by Crippen LogP contribution is -2.30. The summed E-state index contributed by atoms with van der Waals surface area (Å²) in [5.74, 6) is 1.97. The van der Waals surface area contributed by atoms with E-state index < -0.39 is 0 Å². The van der Waals surface area contributed by atoms with E-state index in [2.05, 4.69) is 34.9 Å². The fourth-order valence-electron chi connectivity index (χ4n) is 3.18. The van der Waals surface area contributed by atoms with Crippen LogP contribution in [0.25, 0.3) is 0 Å². The van der Waals surface area contributed by atoms with Gasteiger partial charge in [0.25, 0.3) is 0 Å². The first-order valence-electron chi connectivity index (χ1n) is 7.59. The minimum Gasteiger partial charge on any atom is -0.335 e. The molecule has 3 heteroatoms. The number of nitrogens with one attached hydrogen (secondary N) is 1. The number of imidazole rings is 1. The van der Waals surface area contributed by atoms with E-state index in [0.717, 1.165) is 13.1 Å². The van der Waals surface area contributed by atoms with Gasteiger partial charge in [-0.15, -0.1) is 0 Å². The highest BCUT2D eigenvalue weighted by molar-refractivity contribution is 5.02. The van der Waals surface area contributed by atoms with Crippen molar-refractivity contribution in [3.63, 3.8) is 0 Å². The fourth-order valence-corrected chi connectivity index (χ4v) is 3.18. The molecule has 1 fully saturated rings. The zero-order valence-corrected chi connectivity index (χ0v) is 11.9. The average molecular weight is 249 g/mol. The Morgan fingerprint density at radius 3 is 2.94 bits per heavy atom. The highest BCUT2D eigenvalue weighted by atomic mass is 15.1. The van der Waals surface area contributed by atoms with Crippen LogP contribution in [0.4, 0.5) is 0 Å². The normalized spacial score (nSPS) is 25.0. The van der Waals surface area contributed by atoms with Gasteiger partial charge in [-0.3, -0.25) is 0 Å². The van der Waals surface area contributed by atoms with Crippen LogP contribution in [-0.2, 0) is 6.54 Å². The number of aromatic nitrogens is 2. The summed E-state index contributed by atoms with van der Waals surface area (Å²) >= 11 is 0. The van der Waals surface area contributed by atoms with Crippen LogP contribution in [0.1, 0.15) is 64.1 Å². The third-order valence-electron chi connectivity index (χ3n) is 3.99. The zero-order chi connectivity index (χ0) is 12.8. The topological polar surface area (TPSA) is 29.9 Å². The number of hydrogen-bond donors (Lipinski definition) is 1. The lowest BCUT2D eigenvalue weighted by molar-refractivity contribution is 0.431. The molecule has 18 heavy (non-hydrogen) atoms. The van der Waals surface area contributed by atoms with Gasteiger partial charge in [0.2, 0.25) is 0 Å². The Hall–Kier alpha value is -0.830. The van der Waals surface area contributed by atoms with E-state index in [9.17, 15) is 0 Å². The van der Waals surface area contributed by atoms with Crippen molar-refractivity contribution in [3.05, 3.63) is 18.2 Å². The van der Waals surface area contributed by atoms with Crippen LogP contribution in [0, 0.1) is 0 Å². The molecule has 0 aromatic carbocycles. The Kier molecular flexibility index (Phi) is 5.24. The van der Waals surface area contributed by atoms with E-state index in [1.807, 2.05) is 6.20 Å². The molecule has 2 unspecified atom stereocenters. The second-order valence-corrected chi connectivity index (χ2v) is 5.45. The Labute approximate surface area is 111 Å². The Morgan fingerprint density at radius 2 is 2.17 bits per heavy atom. The number of hydrogen-bond acceptors (Lipinski definition) is 2. The molecule has 1 aliphatic rings. The summed E-state index contributed by atoms with van der Waals surface area (Å²) in [4.78, 5) is 4.63. The molecule has 1 heterocycles. The van der Waals surface area contributed by atoms with Crippen molar-refractivity contribution >= 4 is 0 Å². The SMILES string of the molecule is CCCn1ccnc1C1CCCCC(NCC)C1. The summed E-state index contributed by atoms with van der Waals surface area (Å²) in [6, 6.07) is 0.689. The van der Waals surface area contributed by atoms with Crippen LogP contribution in [0.5, 0.6) is 0 Å². The molecule has 0 radical (unpaired) electrons. The van der Waals surface area contributed by atoms with E-state index >= 15 is 0 Å². The Balaban J connectivity index is 2.07. The molecule has 0 amide bonds. The third-order valence-corrected chi connectivity index (χ3v) is 3.99. The highest BCUT2D eigenvalue weighted by Crippen LogP contribution is 2.31. The van der Waals surface area contributed by atoms with Gasteiger partial charge in [0.1, 0.15) is 5.82 Å². The summed E-state index contributed by atoms with van der Waals surface area (Å²) < 4.78 is 2.36. The smallest absolute Gasteiger partial charge is 0.111 e. The molecule has 1 aromatic heterocycles. The van der Waals surface area contributed by atoms with Gasteiger partial charge in [-0.1, -0.05) is 26.7 Å². The summed E-state index contributed by atoms with van der Waals surface area (Å²) in [7, 11) is 0. The minimum atomic E-state index is 0.651. The monoisotopic (exact) mass is 249 g/mol. The van der Waals surface area contributed by atoms with E-state index in [4.69, 9.17) is 0 Å². The molecule has 0 saturated heterocycles. The molecular weight excluding hydrogens is 222 g/mol. The van der Waals surface area contributed by atoms with Gasteiger partial charge >= 0.3 is 0 Å². The largest absolute Gasteiger partial charge is 0.335 e. The number of aryl methyl sites for hydroxylation is 1. The average Bonchev–Trinajstić information content (AvgIpc) is 2.69. The van der Waals surface area contributed by atoms with E-state index in [0.29, 0.717) is 12.0 Å². The molecule has 0 bridgehead atoms. The van der Waals surface area contributed by atoms with E-state index in [-0.39, 0.29) is 0 Å². The maximum Gasteiger partial charge on any atom is 0.111 e. The molecule has 2 atom stereocenters. The highest BCUT2D eigenvalue weighted by Gasteiger charge is 2.23. The van der Waals surface area contributed by atoms with Crippen molar-refractivity contribution in [2.45, 2.75) is 70.9 Å². The lowest BCUT2D eigenvalue weighted by Gasteiger charge is -2.21. The van der Waals surface area contributed by atoms with Crippen LogP contribution in [-0.4, -0.2) is 22.1 Å². The van der Waals surface area contributed by atoms with Crippen LogP contribution >= 0.6 is 0 Å². The molecule has 1 N–H and O–H groups in total. The predicted octanol–water partition coefficient (Wildman–Crippen LogP) is 3.32. The number of rotatable bonds is 5. The predicted molar refractivity (Wildman–Crippen MR) is 75.8 cm³/mol. The first-order valence-corrected chi connectivity index (χ1v) is 7.59. The van der Waals surface area contributed by atoms with E-state index in [1.54, 1.807) is 0 Å². The lowest BCUT2D eigenvalue weighted by atomic mass is 9.97. The van der Waals surface area contributed by atoms with Crippen molar-refractivity contribution in [1.82, 2.24) is 14.9 Å². The van der Waals surface area contributed by atoms with Crippen LogP contribution in [0.2, 0.25) is 0 Å². The van der Waals surface area contributed by atoms with Gasteiger partial charge in [-0.2, -0.15) is 0 Å². The number of nitrogens with zero attached hydrogens (tertiary/aromatic N) is 2. The van der Waals surface area contributed by atoms with Crippen molar-refractivity contribution < 1.29 is 0 Å². The van der Waals surface area contributed by atoms with Crippen LogP contribution in [0.3, 0.4) is 0 Å². The molecule has 1 saturated carbocycles. The molecule has 0 spiro atoms. The second kappa shape index (κ2) is 6.93. The van der Waals surface area contributed by atoms with Crippen LogP contribution in [0.15, 0.2) is 12.4 Å². The summed E-state index contributed by atoms with van der Waals surface area (Å²) in [5, 5.41) is 3.63. The fraction of sp³-hybridized carbons (Fsp3) is 0.800. The molecule has 2 rings (SSSR count). The third kappa shape index (κ3) is 3.35. The van der Waals surface area contributed by atoms with Crippen molar-refractivity contribution in [2.24, 2.45) is 0 Å². The van der Waals surface area contributed by atoms with Gasteiger partial charge in [0.05, 0.1) is 0 Å².